The van der Waals surface area contributed by atoms with E-state index in [2.05, 4.69) is 10.1 Å². The number of amides is 1. The molecule has 1 amide bonds. The van der Waals surface area contributed by atoms with Crippen molar-refractivity contribution >= 4 is 5.91 Å². The van der Waals surface area contributed by atoms with Gasteiger partial charge in [0.15, 0.2) is 0 Å². The zero-order chi connectivity index (χ0) is 14.3. The highest BCUT2D eigenvalue weighted by atomic mass is 19.4. The molecule has 1 atom stereocenters. The molecule has 1 aliphatic heterocycles. The predicted octanol–water partition coefficient (Wildman–Crippen LogP) is 0.402. The van der Waals surface area contributed by atoms with Gasteiger partial charge in [0.1, 0.15) is 6.61 Å². The van der Waals surface area contributed by atoms with Gasteiger partial charge in [-0.25, -0.2) is 0 Å². The minimum atomic E-state index is -4.31. The van der Waals surface area contributed by atoms with E-state index in [1.807, 2.05) is 0 Å². The molecule has 8 heteroatoms. The van der Waals surface area contributed by atoms with Gasteiger partial charge in [-0.15, -0.1) is 0 Å². The average Bonchev–Trinajstić information content (AvgIpc) is 2.37. The second-order valence-electron chi connectivity index (χ2n) is 4.28. The van der Waals surface area contributed by atoms with E-state index in [1.54, 1.807) is 11.8 Å². The van der Waals surface area contributed by atoms with E-state index in [-0.39, 0.29) is 19.1 Å². The molecule has 1 unspecified atom stereocenters. The number of hydrogen-bond donors (Lipinski definition) is 1. The number of halogens is 3. The van der Waals surface area contributed by atoms with Crippen LogP contribution < -0.4 is 5.32 Å². The van der Waals surface area contributed by atoms with Gasteiger partial charge in [0.05, 0.1) is 25.9 Å². The Morgan fingerprint density at radius 2 is 2.05 bits per heavy atom. The lowest BCUT2D eigenvalue weighted by Gasteiger charge is -2.29. The normalized spacial score (nSPS) is 18.4. The maximum absolute atomic E-state index is 11.9. The summed E-state index contributed by atoms with van der Waals surface area (Å²) in [7, 11) is 0. The Labute approximate surface area is 110 Å². The van der Waals surface area contributed by atoms with Crippen LogP contribution >= 0.6 is 0 Å². The van der Waals surface area contributed by atoms with Crippen molar-refractivity contribution in [2.75, 3.05) is 46.1 Å². The van der Waals surface area contributed by atoms with Crippen LogP contribution in [0.1, 0.15) is 6.92 Å². The summed E-state index contributed by atoms with van der Waals surface area (Å²) in [5.41, 5.74) is 0. The molecule has 5 nitrogen and oxygen atoms in total. The summed E-state index contributed by atoms with van der Waals surface area (Å²) >= 11 is 0. The van der Waals surface area contributed by atoms with Crippen LogP contribution in [0, 0.1) is 0 Å². The lowest BCUT2D eigenvalue weighted by atomic mass is 10.2. The number of carbonyl (C=O) groups is 1. The highest BCUT2D eigenvalue weighted by Gasteiger charge is 2.27. The molecular formula is C11H19F3N2O3. The molecule has 0 aromatic rings. The third-order valence-electron chi connectivity index (χ3n) is 2.66. The molecule has 19 heavy (non-hydrogen) atoms. The third-order valence-corrected chi connectivity index (χ3v) is 2.66. The summed E-state index contributed by atoms with van der Waals surface area (Å²) in [6.07, 6.45) is -4.31. The molecule has 0 aromatic heterocycles. The maximum Gasteiger partial charge on any atom is 0.411 e. The van der Waals surface area contributed by atoms with Crippen molar-refractivity contribution in [2.24, 2.45) is 0 Å². The maximum atomic E-state index is 11.9. The summed E-state index contributed by atoms with van der Waals surface area (Å²) in [6, 6.07) is -0.437. The van der Waals surface area contributed by atoms with E-state index in [9.17, 15) is 18.0 Å². The lowest BCUT2D eigenvalue weighted by Crippen LogP contribution is -2.49. The Hall–Kier alpha value is -0.860. The van der Waals surface area contributed by atoms with Crippen molar-refractivity contribution in [1.82, 2.24) is 10.2 Å². The first kappa shape index (κ1) is 16.2. The zero-order valence-corrected chi connectivity index (χ0v) is 10.8. The minimum Gasteiger partial charge on any atom is -0.378 e. The second kappa shape index (κ2) is 7.66. The molecular weight excluding hydrogens is 265 g/mol. The number of nitrogens with zero attached hydrogens (tertiary/aromatic N) is 1. The van der Waals surface area contributed by atoms with E-state index >= 15 is 0 Å². The molecule has 1 heterocycles. The molecule has 1 rings (SSSR count). The highest BCUT2D eigenvalue weighted by molar-refractivity contribution is 5.81. The summed E-state index contributed by atoms with van der Waals surface area (Å²) < 4.78 is 45.0. The molecule has 1 saturated heterocycles. The SMILES string of the molecule is CC(NCCOCC(F)(F)F)C(=O)N1CCOCC1. The van der Waals surface area contributed by atoms with E-state index < -0.39 is 18.8 Å². The van der Waals surface area contributed by atoms with Gasteiger partial charge in [-0.05, 0) is 6.92 Å². The molecule has 0 radical (unpaired) electrons. The van der Waals surface area contributed by atoms with E-state index in [0.717, 1.165) is 0 Å². The predicted molar refractivity (Wildman–Crippen MR) is 61.7 cm³/mol. The van der Waals surface area contributed by atoms with Crippen LogP contribution in [0.5, 0.6) is 0 Å². The van der Waals surface area contributed by atoms with Gasteiger partial charge in [0, 0.05) is 19.6 Å². The van der Waals surface area contributed by atoms with E-state index in [1.165, 1.54) is 0 Å². The van der Waals surface area contributed by atoms with Crippen molar-refractivity contribution in [1.29, 1.82) is 0 Å². The van der Waals surface area contributed by atoms with Gasteiger partial charge < -0.3 is 19.7 Å². The molecule has 0 saturated carbocycles. The van der Waals surface area contributed by atoms with Crippen molar-refractivity contribution in [2.45, 2.75) is 19.1 Å². The molecule has 1 aliphatic rings. The number of carbonyl (C=O) groups excluding carboxylic acids is 1. The van der Waals surface area contributed by atoms with Crippen LogP contribution in [0.3, 0.4) is 0 Å². The number of rotatable bonds is 6. The number of nitrogens with one attached hydrogen (secondary N) is 1. The molecule has 1 N–H and O–H groups in total. The van der Waals surface area contributed by atoms with Crippen LogP contribution in [0.4, 0.5) is 13.2 Å². The molecule has 0 aliphatic carbocycles. The monoisotopic (exact) mass is 284 g/mol. The van der Waals surface area contributed by atoms with Gasteiger partial charge >= 0.3 is 6.18 Å². The fourth-order valence-corrected chi connectivity index (χ4v) is 1.68. The van der Waals surface area contributed by atoms with Crippen LogP contribution in [-0.4, -0.2) is 69.1 Å². The number of morpholine rings is 1. The summed E-state index contributed by atoms with van der Waals surface area (Å²) in [5, 5.41) is 2.84. The van der Waals surface area contributed by atoms with Crippen LogP contribution in [-0.2, 0) is 14.3 Å². The Kier molecular flexibility index (Phi) is 6.53. The Morgan fingerprint density at radius 1 is 1.42 bits per heavy atom. The second-order valence-corrected chi connectivity index (χ2v) is 4.28. The highest BCUT2D eigenvalue weighted by Crippen LogP contribution is 2.13. The van der Waals surface area contributed by atoms with Crippen molar-refractivity contribution in [3.8, 4) is 0 Å². The fourth-order valence-electron chi connectivity index (χ4n) is 1.68. The summed E-state index contributed by atoms with van der Waals surface area (Å²) in [5.74, 6) is -0.0703. The first-order chi connectivity index (χ1) is 8.90. The Bertz CT molecular complexity index is 281. The van der Waals surface area contributed by atoms with Gasteiger partial charge in [0.25, 0.3) is 0 Å². The summed E-state index contributed by atoms with van der Waals surface area (Å²) in [4.78, 5) is 13.6. The minimum absolute atomic E-state index is 0.0703. The number of alkyl halides is 3. The van der Waals surface area contributed by atoms with Crippen LogP contribution in [0.2, 0.25) is 0 Å². The van der Waals surface area contributed by atoms with Gasteiger partial charge in [0.2, 0.25) is 5.91 Å². The Balaban J connectivity index is 2.12. The molecule has 112 valence electrons. The third kappa shape index (κ3) is 6.74. The smallest absolute Gasteiger partial charge is 0.378 e. The van der Waals surface area contributed by atoms with E-state index in [0.29, 0.717) is 26.3 Å². The standard InChI is InChI=1S/C11H19F3N2O3/c1-9(10(17)16-3-6-18-7-4-16)15-2-5-19-8-11(12,13)14/h9,15H,2-8H2,1H3. The number of ether oxygens (including phenoxy) is 2. The van der Waals surface area contributed by atoms with Crippen LogP contribution in [0.15, 0.2) is 0 Å². The lowest BCUT2D eigenvalue weighted by molar-refractivity contribution is -0.173. The Morgan fingerprint density at radius 3 is 2.63 bits per heavy atom. The first-order valence-corrected chi connectivity index (χ1v) is 6.14. The fraction of sp³-hybridized carbons (Fsp3) is 0.909. The first-order valence-electron chi connectivity index (χ1n) is 6.14. The average molecular weight is 284 g/mol. The van der Waals surface area contributed by atoms with Gasteiger partial charge in [-0.1, -0.05) is 0 Å². The van der Waals surface area contributed by atoms with Crippen molar-refractivity contribution in [3.05, 3.63) is 0 Å². The molecule has 1 fully saturated rings. The van der Waals surface area contributed by atoms with Crippen LogP contribution in [0.25, 0.3) is 0 Å². The molecule has 0 spiro atoms. The van der Waals surface area contributed by atoms with Crippen molar-refractivity contribution in [3.63, 3.8) is 0 Å². The molecule has 0 bridgehead atoms. The topological polar surface area (TPSA) is 50.8 Å². The zero-order valence-electron chi connectivity index (χ0n) is 10.8. The van der Waals surface area contributed by atoms with Gasteiger partial charge in [-0.2, -0.15) is 13.2 Å². The summed E-state index contributed by atoms with van der Waals surface area (Å²) in [6.45, 7) is 2.68. The number of hydrogen-bond acceptors (Lipinski definition) is 4. The van der Waals surface area contributed by atoms with Gasteiger partial charge in [-0.3, -0.25) is 4.79 Å². The van der Waals surface area contributed by atoms with E-state index in [4.69, 9.17) is 4.74 Å². The molecule has 0 aromatic carbocycles. The quantitative estimate of drug-likeness (QED) is 0.718. The largest absolute Gasteiger partial charge is 0.411 e. The van der Waals surface area contributed by atoms with Crippen molar-refractivity contribution < 1.29 is 27.4 Å².